The first kappa shape index (κ1) is 18.0. The van der Waals surface area contributed by atoms with Crippen LogP contribution in [0.15, 0.2) is 18.2 Å². The molecule has 3 rings (SSSR count). The summed E-state index contributed by atoms with van der Waals surface area (Å²) in [5, 5.41) is 21.5. The van der Waals surface area contributed by atoms with Crippen LogP contribution in [0, 0.1) is 17.0 Å². The highest BCUT2D eigenvalue weighted by Crippen LogP contribution is 2.24. The number of nitro benzene ring substituents is 1. The molecular weight excluding hydrogens is 336 g/mol. The number of carbonyl (C=O) groups excluding carboxylic acids is 1. The standard InChI is InChI=1S/C17H22N6O3/c1-11-13(4-3-5-14(11)23(25)26)10-15(24)19-17-20-16(21-22(17)2)12-6-8-18-9-7-12/h3-5,12,18H,6-10H2,1-2H3,(H,19,20,21,24). The van der Waals surface area contributed by atoms with Gasteiger partial charge in [0.25, 0.3) is 5.69 Å². The molecule has 0 unspecified atom stereocenters. The highest BCUT2D eigenvalue weighted by atomic mass is 16.6. The number of aromatic nitrogens is 3. The van der Waals surface area contributed by atoms with Crippen LogP contribution in [0.25, 0.3) is 0 Å². The number of carbonyl (C=O) groups is 1. The number of benzene rings is 1. The molecular formula is C17H22N6O3. The van der Waals surface area contributed by atoms with Crippen LogP contribution >= 0.6 is 0 Å². The molecule has 26 heavy (non-hydrogen) atoms. The van der Waals surface area contributed by atoms with Crippen molar-refractivity contribution in [3.63, 3.8) is 0 Å². The first-order chi connectivity index (χ1) is 12.5. The molecule has 1 aliphatic heterocycles. The molecule has 9 heteroatoms. The minimum atomic E-state index is -0.440. The summed E-state index contributed by atoms with van der Waals surface area (Å²) in [5.74, 6) is 1.16. The predicted octanol–water partition coefficient (Wildman–Crippen LogP) is 1.68. The summed E-state index contributed by atoms with van der Waals surface area (Å²) in [5.41, 5.74) is 1.14. The van der Waals surface area contributed by atoms with E-state index < -0.39 is 4.92 Å². The maximum atomic E-state index is 12.4. The SMILES string of the molecule is Cc1c(CC(=O)Nc2nc(C3CCNCC3)nn2C)cccc1[N+](=O)[O-]. The van der Waals surface area contributed by atoms with E-state index in [1.165, 1.54) is 6.07 Å². The molecule has 0 saturated carbocycles. The molecule has 1 aliphatic rings. The van der Waals surface area contributed by atoms with Crippen molar-refractivity contribution in [3.8, 4) is 0 Å². The molecule has 1 saturated heterocycles. The number of hydrogen-bond acceptors (Lipinski definition) is 6. The van der Waals surface area contributed by atoms with Gasteiger partial charge < -0.3 is 5.32 Å². The molecule has 1 aromatic carbocycles. The van der Waals surface area contributed by atoms with Gasteiger partial charge in [0.1, 0.15) is 0 Å². The quantitative estimate of drug-likeness (QED) is 0.621. The summed E-state index contributed by atoms with van der Waals surface area (Å²) in [6, 6.07) is 4.75. The topological polar surface area (TPSA) is 115 Å². The van der Waals surface area contributed by atoms with Crippen molar-refractivity contribution >= 4 is 17.5 Å². The molecule has 0 radical (unpaired) electrons. The van der Waals surface area contributed by atoms with E-state index in [9.17, 15) is 14.9 Å². The van der Waals surface area contributed by atoms with Crippen molar-refractivity contribution in [2.24, 2.45) is 7.05 Å². The first-order valence-corrected chi connectivity index (χ1v) is 8.60. The Morgan fingerprint density at radius 1 is 1.42 bits per heavy atom. The van der Waals surface area contributed by atoms with Crippen molar-refractivity contribution in [1.29, 1.82) is 0 Å². The first-order valence-electron chi connectivity index (χ1n) is 8.60. The van der Waals surface area contributed by atoms with Crippen LogP contribution in [0.4, 0.5) is 11.6 Å². The normalized spacial score (nSPS) is 15.0. The van der Waals surface area contributed by atoms with Gasteiger partial charge in [0, 0.05) is 24.6 Å². The number of nitrogens with one attached hydrogen (secondary N) is 2. The van der Waals surface area contributed by atoms with Gasteiger partial charge in [-0.1, -0.05) is 12.1 Å². The van der Waals surface area contributed by atoms with Crippen molar-refractivity contribution in [2.75, 3.05) is 18.4 Å². The lowest BCUT2D eigenvalue weighted by molar-refractivity contribution is -0.385. The molecule has 2 N–H and O–H groups in total. The maximum absolute atomic E-state index is 12.4. The Bertz CT molecular complexity index is 826. The zero-order chi connectivity index (χ0) is 18.7. The number of hydrogen-bond donors (Lipinski definition) is 2. The van der Waals surface area contributed by atoms with Gasteiger partial charge in [-0.05, 0) is 38.4 Å². The van der Waals surface area contributed by atoms with Gasteiger partial charge in [0.2, 0.25) is 11.9 Å². The molecule has 0 aliphatic carbocycles. The van der Waals surface area contributed by atoms with E-state index in [1.807, 2.05) is 0 Å². The van der Waals surface area contributed by atoms with E-state index in [1.54, 1.807) is 30.8 Å². The lowest BCUT2D eigenvalue weighted by Crippen LogP contribution is -2.27. The van der Waals surface area contributed by atoms with Crippen LogP contribution in [0.5, 0.6) is 0 Å². The Balaban J connectivity index is 1.70. The van der Waals surface area contributed by atoms with Crippen LogP contribution in [0.1, 0.15) is 35.7 Å². The Labute approximate surface area is 151 Å². The number of anilines is 1. The van der Waals surface area contributed by atoms with Crippen LogP contribution in [0.2, 0.25) is 0 Å². The van der Waals surface area contributed by atoms with Crippen molar-refractivity contribution in [1.82, 2.24) is 20.1 Å². The molecule has 2 aromatic rings. The summed E-state index contributed by atoms with van der Waals surface area (Å²) >= 11 is 0. The summed E-state index contributed by atoms with van der Waals surface area (Å²) in [6.45, 7) is 3.53. The Morgan fingerprint density at radius 2 is 2.15 bits per heavy atom. The number of piperidine rings is 1. The lowest BCUT2D eigenvalue weighted by atomic mass is 9.98. The molecule has 138 valence electrons. The van der Waals surface area contributed by atoms with Crippen molar-refractivity contribution in [3.05, 3.63) is 45.3 Å². The van der Waals surface area contributed by atoms with E-state index >= 15 is 0 Å². The fourth-order valence-electron chi connectivity index (χ4n) is 3.17. The van der Waals surface area contributed by atoms with Gasteiger partial charge in [0.15, 0.2) is 5.82 Å². The smallest absolute Gasteiger partial charge is 0.272 e. The third kappa shape index (κ3) is 3.88. The largest absolute Gasteiger partial charge is 0.317 e. The second kappa shape index (κ2) is 7.61. The highest BCUT2D eigenvalue weighted by molar-refractivity contribution is 5.91. The zero-order valence-corrected chi connectivity index (χ0v) is 14.9. The Morgan fingerprint density at radius 3 is 2.85 bits per heavy atom. The van der Waals surface area contributed by atoms with Gasteiger partial charge in [0.05, 0.1) is 11.3 Å². The fraction of sp³-hybridized carbons (Fsp3) is 0.471. The third-order valence-corrected chi connectivity index (χ3v) is 4.70. The van der Waals surface area contributed by atoms with Crippen LogP contribution in [0.3, 0.4) is 0 Å². The number of amides is 1. The van der Waals surface area contributed by atoms with Crippen molar-refractivity contribution in [2.45, 2.75) is 32.1 Å². The van der Waals surface area contributed by atoms with E-state index in [0.717, 1.165) is 31.8 Å². The van der Waals surface area contributed by atoms with E-state index in [0.29, 0.717) is 23.0 Å². The molecule has 1 aromatic heterocycles. The monoisotopic (exact) mass is 358 g/mol. The second-order valence-corrected chi connectivity index (χ2v) is 6.48. The molecule has 0 spiro atoms. The van der Waals surface area contributed by atoms with E-state index in [4.69, 9.17) is 0 Å². The Hall–Kier alpha value is -2.81. The second-order valence-electron chi connectivity index (χ2n) is 6.48. The number of rotatable bonds is 5. The maximum Gasteiger partial charge on any atom is 0.272 e. The fourth-order valence-corrected chi connectivity index (χ4v) is 3.17. The molecule has 1 fully saturated rings. The van der Waals surface area contributed by atoms with Gasteiger partial charge in [-0.3, -0.25) is 20.2 Å². The minimum absolute atomic E-state index is 0.0159. The number of nitro groups is 1. The van der Waals surface area contributed by atoms with Gasteiger partial charge >= 0.3 is 0 Å². The molecule has 0 atom stereocenters. The molecule has 2 heterocycles. The summed E-state index contributed by atoms with van der Waals surface area (Å²) < 4.78 is 1.57. The van der Waals surface area contributed by atoms with Gasteiger partial charge in [-0.15, -0.1) is 0 Å². The summed E-state index contributed by atoms with van der Waals surface area (Å²) in [6.07, 6.45) is 2.00. The lowest BCUT2D eigenvalue weighted by Gasteiger charge is -2.19. The molecule has 9 nitrogen and oxygen atoms in total. The highest BCUT2D eigenvalue weighted by Gasteiger charge is 2.22. The number of nitrogens with zero attached hydrogens (tertiary/aromatic N) is 4. The summed E-state index contributed by atoms with van der Waals surface area (Å²) in [4.78, 5) is 27.4. The third-order valence-electron chi connectivity index (χ3n) is 4.70. The van der Waals surface area contributed by atoms with Crippen molar-refractivity contribution < 1.29 is 9.72 Å². The zero-order valence-electron chi connectivity index (χ0n) is 14.9. The average molecular weight is 358 g/mol. The minimum Gasteiger partial charge on any atom is -0.317 e. The van der Waals surface area contributed by atoms with Crippen LogP contribution in [-0.2, 0) is 18.3 Å². The van der Waals surface area contributed by atoms with Gasteiger partial charge in [-0.25, -0.2) is 4.68 Å². The van der Waals surface area contributed by atoms with E-state index in [2.05, 4.69) is 20.7 Å². The van der Waals surface area contributed by atoms with Crippen LogP contribution < -0.4 is 10.6 Å². The van der Waals surface area contributed by atoms with Gasteiger partial charge in [-0.2, -0.15) is 10.1 Å². The summed E-state index contributed by atoms with van der Waals surface area (Å²) in [7, 11) is 1.74. The predicted molar refractivity (Wildman–Crippen MR) is 96.0 cm³/mol. The van der Waals surface area contributed by atoms with Crippen LogP contribution in [-0.4, -0.2) is 38.7 Å². The molecule has 1 amide bonds. The average Bonchev–Trinajstić information content (AvgIpc) is 2.98. The Kier molecular flexibility index (Phi) is 5.27. The number of aryl methyl sites for hydroxylation is 1. The molecule has 0 bridgehead atoms. The van der Waals surface area contributed by atoms with E-state index in [-0.39, 0.29) is 18.0 Å².